The number of hydrogen-bond acceptors (Lipinski definition) is 6. The Morgan fingerprint density at radius 1 is 0.317 bits per heavy atom. The monoisotopic (exact) mass is 683 g/mol. The summed E-state index contributed by atoms with van der Waals surface area (Å²) in [5, 5.41) is 3.82. The number of nitrogens with one attached hydrogen (secondary N) is 2. The van der Waals surface area contributed by atoms with Crippen LogP contribution in [0.25, 0.3) is 89.7 Å². The van der Waals surface area contributed by atoms with Gasteiger partial charge in [0.15, 0.2) is 23.3 Å². The molecule has 0 saturated carbocycles. The third-order valence-electron chi connectivity index (χ3n) is 7.46. The van der Waals surface area contributed by atoms with Crippen LogP contribution < -0.4 is 0 Å². The van der Waals surface area contributed by atoms with Crippen molar-refractivity contribution in [3.05, 3.63) is 97.1 Å². The number of H-pyrrole nitrogens is 2. The molecule has 7 aromatic rings. The number of nitrogens with zero attached hydrogens (tertiary/aromatic N) is 6. The molecule has 0 amide bonds. The molecule has 0 aliphatic carbocycles. The Hall–Kier alpha value is -4.53. The van der Waals surface area contributed by atoms with E-state index in [9.17, 15) is 0 Å². The molecule has 0 atom stereocenters. The van der Waals surface area contributed by atoms with E-state index >= 15 is 0 Å². The molecule has 0 spiro atoms. The zero-order valence-corrected chi connectivity index (χ0v) is 23.0. The first-order valence-corrected chi connectivity index (χ1v) is 13.0. The Balaban J connectivity index is 0.00000256. The number of fused-ring (bicyclic) bond motifs is 20. The molecule has 0 fully saturated rings. The molecule has 3 aromatic heterocycles. The molecule has 41 heavy (non-hydrogen) atoms. The van der Waals surface area contributed by atoms with Gasteiger partial charge >= 0.3 is 36.9 Å². The van der Waals surface area contributed by atoms with Gasteiger partial charge in [-0.2, -0.15) is 0 Å². The summed E-state index contributed by atoms with van der Waals surface area (Å²) in [7, 11) is 0. The van der Waals surface area contributed by atoms with Crippen LogP contribution in [0.4, 0.5) is 0 Å². The summed E-state index contributed by atoms with van der Waals surface area (Å²) in [6.45, 7) is 0. The summed E-state index contributed by atoms with van der Waals surface area (Å²) in [4.78, 5) is 36.8. The minimum Gasteiger partial charge on any atom is -0.324 e. The second kappa shape index (κ2) is 9.26. The van der Waals surface area contributed by atoms with E-state index in [1.165, 1.54) is 0 Å². The first-order valence-electron chi connectivity index (χ1n) is 13.0. The van der Waals surface area contributed by atoms with Crippen molar-refractivity contribution in [1.82, 2.24) is 39.9 Å². The smallest absolute Gasteiger partial charge is 0.324 e. The summed E-state index contributed by atoms with van der Waals surface area (Å²) in [5.74, 6) is 2.39. The largest absolute Gasteiger partial charge is 3.00 e. The van der Waals surface area contributed by atoms with Crippen molar-refractivity contribution >= 4 is 44.1 Å². The Morgan fingerprint density at radius 3 is 0.829 bits per heavy atom. The van der Waals surface area contributed by atoms with E-state index in [0.717, 1.165) is 43.8 Å². The van der Waals surface area contributed by atoms with E-state index in [2.05, 4.69) is 9.97 Å². The van der Waals surface area contributed by atoms with Crippen LogP contribution in [0.3, 0.4) is 0 Å². The van der Waals surface area contributed by atoms with Gasteiger partial charge < -0.3 is 9.97 Å². The second-order valence-corrected chi connectivity index (χ2v) is 9.79. The fraction of sp³-hybridized carbons (Fsp3) is 0. The molecule has 2 aliphatic heterocycles. The zero-order chi connectivity index (χ0) is 26.2. The van der Waals surface area contributed by atoms with Gasteiger partial charge in [0.2, 0.25) is 0 Å². The number of benzene rings is 4. The molecule has 2 aliphatic rings. The maximum atomic E-state index is 5.02. The van der Waals surface area contributed by atoms with Crippen LogP contribution in [0, 0.1) is 36.9 Å². The third kappa shape index (κ3) is 3.71. The predicted molar refractivity (Wildman–Crippen MR) is 156 cm³/mol. The van der Waals surface area contributed by atoms with Gasteiger partial charge in [-0.25, -0.2) is 29.9 Å². The van der Waals surface area contributed by atoms with Gasteiger partial charge in [0.05, 0.1) is 0 Å². The first kappa shape index (κ1) is 24.3. The average molecular weight is 683 g/mol. The van der Waals surface area contributed by atoms with Crippen molar-refractivity contribution in [3.8, 4) is 45.6 Å². The number of aromatic amines is 2. The standard InChI is InChI=1S/C32H18N8.Tm/c1-2-10-18-17(9-1)25-33-26(18)38-28-21-13-5-6-14-22(21)30(35-28)40-32-24-16-8-7-15-23(24)31(36-32)39-29-20-12-4-3-11-19(20)27(34-29)37-25;/h1-16H,(H2,33,34,35,36,37,38,39,40);/q;+3. The molecule has 4 aromatic carbocycles. The predicted octanol–water partition coefficient (Wildman–Crippen LogP) is 6.87. The van der Waals surface area contributed by atoms with Crippen LogP contribution in [0.5, 0.6) is 0 Å². The second-order valence-electron chi connectivity index (χ2n) is 9.79. The number of hydrogen-bond donors (Lipinski definition) is 2. The molecule has 9 rings (SSSR count). The number of aromatic nitrogens is 8. The van der Waals surface area contributed by atoms with Gasteiger partial charge in [-0.05, 0) is 0 Å². The van der Waals surface area contributed by atoms with Crippen LogP contribution >= 0.6 is 0 Å². The topological polar surface area (TPSA) is 109 Å². The van der Waals surface area contributed by atoms with E-state index in [1.807, 2.05) is 97.1 Å². The molecule has 0 unspecified atom stereocenters. The van der Waals surface area contributed by atoms with Gasteiger partial charge in [-0.1, -0.05) is 97.1 Å². The molecule has 2 N–H and O–H groups in total. The molecular weight excluding hydrogens is 665 g/mol. The molecule has 196 valence electrons. The summed E-state index contributed by atoms with van der Waals surface area (Å²) in [6.07, 6.45) is 0. The van der Waals surface area contributed by atoms with E-state index in [1.54, 1.807) is 0 Å². The maximum Gasteiger partial charge on any atom is 3.00 e. The Morgan fingerprint density at radius 2 is 0.561 bits per heavy atom. The fourth-order valence-corrected chi connectivity index (χ4v) is 5.59. The van der Waals surface area contributed by atoms with Crippen molar-refractivity contribution in [3.63, 3.8) is 0 Å². The van der Waals surface area contributed by atoms with Crippen LogP contribution in [-0.4, -0.2) is 39.9 Å². The Kier molecular flexibility index (Phi) is 5.48. The van der Waals surface area contributed by atoms with Crippen molar-refractivity contribution in [2.45, 2.75) is 0 Å². The third-order valence-corrected chi connectivity index (χ3v) is 7.46. The first-order chi connectivity index (χ1) is 19.8. The minimum absolute atomic E-state index is 0. The molecule has 8 bridgehead atoms. The molecular formula is C32H18N8Tm+3. The molecule has 0 saturated heterocycles. The average Bonchev–Trinajstić information content (AvgIpc) is 3.73. The quantitative estimate of drug-likeness (QED) is 0.181. The molecule has 0 radical (unpaired) electrons. The van der Waals surface area contributed by atoms with Gasteiger partial charge in [0.25, 0.3) is 0 Å². The van der Waals surface area contributed by atoms with Gasteiger partial charge in [0.1, 0.15) is 22.6 Å². The SMILES string of the molecule is [Tm+3].c1ccc2c(c1)-c1nc-2nc2[nH]c(nc3nc(nc4[nH]c(n1)c1ccccc41)-c1ccccc1-3)c1ccccc21. The van der Waals surface area contributed by atoms with Gasteiger partial charge in [-0.15, -0.1) is 0 Å². The van der Waals surface area contributed by atoms with Crippen LogP contribution in [0.2, 0.25) is 0 Å². The minimum atomic E-state index is 0. The van der Waals surface area contributed by atoms with Crippen LogP contribution in [-0.2, 0) is 0 Å². The van der Waals surface area contributed by atoms with E-state index in [-0.39, 0.29) is 36.9 Å². The molecule has 8 nitrogen and oxygen atoms in total. The summed E-state index contributed by atoms with van der Waals surface area (Å²) in [5.41, 5.74) is 6.45. The molecule has 9 heteroatoms. The number of rotatable bonds is 0. The Labute approximate surface area is 261 Å². The van der Waals surface area contributed by atoms with E-state index in [0.29, 0.717) is 45.9 Å². The van der Waals surface area contributed by atoms with Crippen molar-refractivity contribution in [1.29, 1.82) is 0 Å². The van der Waals surface area contributed by atoms with Crippen molar-refractivity contribution in [2.75, 3.05) is 0 Å². The summed E-state index contributed by atoms with van der Waals surface area (Å²) in [6, 6.07) is 32.2. The van der Waals surface area contributed by atoms with Gasteiger partial charge in [0, 0.05) is 43.8 Å². The van der Waals surface area contributed by atoms with Crippen molar-refractivity contribution < 1.29 is 36.9 Å². The molecule has 5 heterocycles. The summed E-state index contributed by atoms with van der Waals surface area (Å²) < 4.78 is 0. The van der Waals surface area contributed by atoms with E-state index in [4.69, 9.17) is 29.9 Å². The van der Waals surface area contributed by atoms with Crippen LogP contribution in [0.15, 0.2) is 97.1 Å². The van der Waals surface area contributed by atoms with Gasteiger partial charge in [-0.3, -0.25) is 0 Å². The normalized spacial score (nSPS) is 11.7. The summed E-state index contributed by atoms with van der Waals surface area (Å²) >= 11 is 0. The van der Waals surface area contributed by atoms with Crippen molar-refractivity contribution in [2.24, 2.45) is 0 Å². The Bertz CT molecular complexity index is 2030. The maximum absolute atomic E-state index is 5.02. The zero-order valence-electron chi connectivity index (χ0n) is 21.2. The van der Waals surface area contributed by atoms with E-state index < -0.39 is 0 Å². The fourth-order valence-electron chi connectivity index (χ4n) is 5.59. The van der Waals surface area contributed by atoms with Crippen LogP contribution in [0.1, 0.15) is 0 Å².